The quantitative estimate of drug-likeness (QED) is 0.728. The van der Waals surface area contributed by atoms with Crippen molar-refractivity contribution < 1.29 is 18.7 Å². The van der Waals surface area contributed by atoms with E-state index in [9.17, 15) is 14.0 Å². The first-order chi connectivity index (χ1) is 13.4. The molecule has 142 valence electrons. The van der Waals surface area contributed by atoms with Crippen molar-refractivity contribution in [3.8, 4) is 17.0 Å². The zero-order valence-electron chi connectivity index (χ0n) is 15.2. The summed E-state index contributed by atoms with van der Waals surface area (Å²) in [6.07, 6.45) is 0. The van der Waals surface area contributed by atoms with Crippen LogP contribution in [0.25, 0.3) is 11.3 Å². The summed E-state index contributed by atoms with van der Waals surface area (Å²) in [6, 6.07) is 10.8. The standard InChI is InChI=1S/C20H16FN3O3S/c1-11-18(13-5-8-16-15(9-13)24(2)17(25)10-27-16)22-20(28-11)23-19(26)12-3-6-14(21)7-4-12/h3-9H,10H2,1-2H3,(H,22,23,26). The van der Waals surface area contributed by atoms with Gasteiger partial charge in [0.1, 0.15) is 11.6 Å². The van der Waals surface area contributed by atoms with E-state index in [2.05, 4.69) is 10.3 Å². The summed E-state index contributed by atoms with van der Waals surface area (Å²) in [6.45, 7) is 1.93. The van der Waals surface area contributed by atoms with E-state index in [4.69, 9.17) is 4.74 Å². The van der Waals surface area contributed by atoms with Gasteiger partial charge in [-0.3, -0.25) is 14.9 Å². The third kappa shape index (κ3) is 3.34. The molecule has 2 heterocycles. The van der Waals surface area contributed by atoms with Crippen LogP contribution < -0.4 is 15.0 Å². The van der Waals surface area contributed by atoms with Crippen LogP contribution in [-0.4, -0.2) is 30.5 Å². The second-order valence-corrected chi connectivity index (χ2v) is 7.51. The number of hydrogen-bond acceptors (Lipinski definition) is 5. The number of rotatable bonds is 3. The number of likely N-dealkylation sites (N-methyl/N-ethyl adjacent to an activating group) is 1. The molecule has 0 fully saturated rings. The smallest absolute Gasteiger partial charge is 0.264 e. The molecule has 28 heavy (non-hydrogen) atoms. The SMILES string of the molecule is Cc1sc(NC(=O)c2ccc(F)cc2)nc1-c1ccc2c(c1)N(C)C(=O)CO2. The summed E-state index contributed by atoms with van der Waals surface area (Å²) >= 11 is 1.35. The number of amides is 2. The maximum Gasteiger partial charge on any atom is 0.264 e. The number of benzene rings is 2. The highest BCUT2D eigenvalue weighted by Gasteiger charge is 2.23. The maximum atomic E-state index is 13.0. The molecule has 0 bridgehead atoms. The fourth-order valence-electron chi connectivity index (χ4n) is 2.91. The second kappa shape index (κ2) is 7.05. The van der Waals surface area contributed by atoms with Gasteiger partial charge in [0.15, 0.2) is 11.7 Å². The van der Waals surface area contributed by atoms with E-state index in [0.29, 0.717) is 27.8 Å². The zero-order valence-corrected chi connectivity index (χ0v) is 16.0. The molecule has 0 saturated carbocycles. The highest BCUT2D eigenvalue weighted by molar-refractivity contribution is 7.16. The molecule has 0 unspecified atom stereocenters. The van der Waals surface area contributed by atoms with Crippen molar-refractivity contribution in [3.05, 3.63) is 58.7 Å². The number of halogens is 1. The van der Waals surface area contributed by atoms with Gasteiger partial charge in [0.05, 0.1) is 11.4 Å². The minimum Gasteiger partial charge on any atom is -0.482 e. The van der Waals surface area contributed by atoms with Gasteiger partial charge >= 0.3 is 0 Å². The van der Waals surface area contributed by atoms with Crippen molar-refractivity contribution in [2.24, 2.45) is 0 Å². The summed E-state index contributed by atoms with van der Waals surface area (Å²) in [5.74, 6) is -0.233. The Labute approximate surface area is 164 Å². The molecule has 0 aliphatic carbocycles. The average molecular weight is 397 g/mol. The lowest BCUT2D eigenvalue weighted by Gasteiger charge is -2.26. The topological polar surface area (TPSA) is 71.5 Å². The van der Waals surface area contributed by atoms with E-state index in [1.54, 1.807) is 11.9 Å². The molecular formula is C20H16FN3O3S. The van der Waals surface area contributed by atoms with E-state index in [1.807, 2.05) is 25.1 Å². The van der Waals surface area contributed by atoms with Crippen molar-refractivity contribution in [2.45, 2.75) is 6.92 Å². The first kappa shape index (κ1) is 18.1. The Hall–Kier alpha value is -3.26. The van der Waals surface area contributed by atoms with Crippen LogP contribution in [0, 0.1) is 12.7 Å². The molecule has 8 heteroatoms. The van der Waals surface area contributed by atoms with Crippen LogP contribution in [0.3, 0.4) is 0 Å². The monoisotopic (exact) mass is 397 g/mol. The maximum absolute atomic E-state index is 13.0. The molecule has 1 aliphatic rings. The van der Waals surface area contributed by atoms with Crippen LogP contribution in [0.2, 0.25) is 0 Å². The van der Waals surface area contributed by atoms with Gasteiger partial charge in [-0.05, 0) is 49.4 Å². The van der Waals surface area contributed by atoms with E-state index in [0.717, 1.165) is 10.4 Å². The number of thiazole rings is 1. The number of anilines is 2. The third-order valence-corrected chi connectivity index (χ3v) is 5.33. The van der Waals surface area contributed by atoms with Crippen molar-refractivity contribution in [1.29, 1.82) is 0 Å². The third-order valence-electron chi connectivity index (χ3n) is 4.44. The molecule has 3 aromatic rings. The van der Waals surface area contributed by atoms with Crippen LogP contribution in [0.4, 0.5) is 15.2 Å². The lowest BCUT2D eigenvalue weighted by Crippen LogP contribution is -2.35. The van der Waals surface area contributed by atoms with E-state index in [1.165, 1.54) is 35.6 Å². The normalized spacial score (nSPS) is 13.1. The molecule has 1 N–H and O–H groups in total. The minimum absolute atomic E-state index is 0.0259. The van der Waals surface area contributed by atoms with Crippen LogP contribution in [-0.2, 0) is 4.79 Å². The molecule has 2 aromatic carbocycles. The Balaban J connectivity index is 1.61. The Bertz CT molecular complexity index is 1080. The van der Waals surface area contributed by atoms with E-state index >= 15 is 0 Å². The second-order valence-electron chi connectivity index (χ2n) is 6.31. The lowest BCUT2D eigenvalue weighted by molar-refractivity contribution is -0.120. The van der Waals surface area contributed by atoms with Crippen LogP contribution in [0.5, 0.6) is 5.75 Å². The number of ether oxygens (including phenoxy) is 1. The van der Waals surface area contributed by atoms with Gasteiger partial charge in [-0.2, -0.15) is 0 Å². The number of carbonyl (C=O) groups excluding carboxylic acids is 2. The zero-order chi connectivity index (χ0) is 19.8. The molecule has 0 atom stereocenters. The van der Waals surface area contributed by atoms with Gasteiger partial charge in [0.25, 0.3) is 11.8 Å². The van der Waals surface area contributed by atoms with Crippen molar-refractivity contribution >= 4 is 34.0 Å². The van der Waals surface area contributed by atoms with Crippen LogP contribution in [0.15, 0.2) is 42.5 Å². The number of aryl methyl sites for hydroxylation is 1. The molecule has 1 aromatic heterocycles. The average Bonchev–Trinajstić information content (AvgIpc) is 3.05. The highest BCUT2D eigenvalue weighted by Crippen LogP contribution is 2.37. The first-order valence-corrected chi connectivity index (χ1v) is 9.32. The molecule has 4 rings (SSSR count). The summed E-state index contributed by atoms with van der Waals surface area (Å²) in [5.41, 5.74) is 2.56. The molecule has 1 aliphatic heterocycles. The van der Waals surface area contributed by atoms with Crippen LogP contribution >= 0.6 is 11.3 Å². The Morgan fingerprint density at radius 3 is 2.75 bits per heavy atom. The molecular weight excluding hydrogens is 381 g/mol. The number of nitrogens with zero attached hydrogens (tertiary/aromatic N) is 2. The summed E-state index contributed by atoms with van der Waals surface area (Å²) in [5, 5.41) is 3.19. The van der Waals surface area contributed by atoms with Crippen molar-refractivity contribution in [1.82, 2.24) is 4.98 Å². The van der Waals surface area contributed by atoms with E-state index in [-0.39, 0.29) is 18.4 Å². The van der Waals surface area contributed by atoms with Crippen molar-refractivity contribution in [2.75, 3.05) is 23.9 Å². The van der Waals surface area contributed by atoms with Gasteiger partial charge in [-0.1, -0.05) is 0 Å². The molecule has 6 nitrogen and oxygen atoms in total. The van der Waals surface area contributed by atoms with Crippen LogP contribution in [0.1, 0.15) is 15.2 Å². The van der Waals surface area contributed by atoms with Gasteiger partial charge in [0, 0.05) is 23.1 Å². The largest absolute Gasteiger partial charge is 0.482 e. The fourth-order valence-corrected chi connectivity index (χ4v) is 3.74. The highest BCUT2D eigenvalue weighted by atomic mass is 32.1. The predicted molar refractivity (Wildman–Crippen MR) is 106 cm³/mol. The number of fused-ring (bicyclic) bond motifs is 1. The molecule has 0 radical (unpaired) electrons. The summed E-state index contributed by atoms with van der Waals surface area (Å²) in [4.78, 5) is 31.2. The summed E-state index contributed by atoms with van der Waals surface area (Å²) < 4.78 is 18.5. The molecule has 2 amide bonds. The number of hydrogen-bond donors (Lipinski definition) is 1. The van der Waals surface area contributed by atoms with Gasteiger partial charge in [0.2, 0.25) is 0 Å². The Morgan fingerprint density at radius 1 is 1.25 bits per heavy atom. The number of aromatic nitrogens is 1. The fraction of sp³-hybridized carbons (Fsp3) is 0.150. The lowest BCUT2D eigenvalue weighted by atomic mass is 10.1. The van der Waals surface area contributed by atoms with E-state index < -0.39 is 5.82 Å². The number of nitrogens with one attached hydrogen (secondary N) is 1. The molecule has 0 spiro atoms. The van der Waals surface area contributed by atoms with Gasteiger partial charge in [-0.25, -0.2) is 9.37 Å². The Morgan fingerprint density at radius 2 is 2.00 bits per heavy atom. The van der Waals surface area contributed by atoms with Crippen molar-refractivity contribution in [3.63, 3.8) is 0 Å². The summed E-state index contributed by atoms with van der Waals surface area (Å²) in [7, 11) is 1.70. The Kier molecular flexibility index (Phi) is 4.56. The minimum atomic E-state index is -0.399. The number of carbonyl (C=O) groups is 2. The predicted octanol–water partition coefficient (Wildman–Crippen LogP) is 3.87. The first-order valence-electron chi connectivity index (χ1n) is 8.50. The van der Waals surface area contributed by atoms with Gasteiger partial charge < -0.3 is 9.64 Å². The van der Waals surface area contributed by atoms with Gasteiger partial charge in [-0.15, -0.1) is 11.3 Å². The molecule has 0 saturated heterocycles.